The van der Waals surface area contributed by atoms with Crippen molar-refractivity contribution < 1.29 is 9.18 Å². The first-order valence-corrected chi connectivity index (χ1v) is 8.09. The number of hydrogen-bond acceptors (Lipinski definition) is 1. The molecule has 1 amide bonds. The minimum Gasteiger partial charge on any atom is -0.352 e. The van der Waals surface area contributed by atoms with Gasteiger partial charge in [0.05, 0.1) is 10.0 Å². The van der Waals surface area contributed by atoms with Crippen molar-refractivity contribution in [1.29, 1.82) is 0 Å². The summed E-state index contributed by atoms with van der Waals surface area (Å²) in [5.74, 6) is 0.964. The van der Waals surface area contributed by atoms with Crippen LogP contribution in [0.25, 0.3) is 0 Å². The molecule has 1 N–H and O–H groups in total. The van der Waals surface area contributed by atoms with Crippen LogP contribution in [0.2, 0.25) is 0 Å². The highest BCUT2D eigenvalue weighted by molar-refractivity contribution is 9.10. The van der Waals surface area contributed by atoms with E-state index >= 15 is 0 Å². The zero-order chi connectivity index (χ0) is 14.5. The number of amides is 1. The summed E-state index contributed by atoms with van der Waals surface area (Å²) in [6.45, 7) is 2.97. The first-order valence-electron chi connectivity index (χ1n) is 7.30. The Bertz CT molecular complexity index is 470. The van der Waals surface area contributed by atoms with E-state index < -0.39 is 5.82 Å². The summed E-state index contributed by atoms with van der Waals surface area (Å²) in [4.78, 5) is 12.0. The van der Waals surface area contributed by atoms with Crippen LogP contribution in [0.1, 0.15) is 49.4 Å². The average Bonchev–Trinajstić information content (AvgIpc) is 2.44. The zero-order valence-electron chi connectivity index (χ0n) is 11.8. The Labute approximate surface area is 128 Å². The Kier molecular flexibility index (Phi) is 5.58. The van der Waals surface area contributed by atoms with E-state index in [9.17, 15) is 9.18 Å². The van der Waals surface area contributed by atoms with Crippen molar-refractivity contribution in [2.75, 3.05) is 6.54 Å². The molecule has 0 unspecified atom stereocenters. The summed E-state index contributed by atoms with van der Waals surface area (Å²) >= 11 is 3.12. The van der Waals surface area contributed by atoms with Gasteiger partial charge in [-0.25, -0.2) is 4.39 Å². The van der Waals surface area contributed by atoms with E-state index in [1.54, 1.807) is 12.1 Å². The van der Waals surface area contributed by atoms with Crippen LogP contribution in [0.5, 0.6) is 0 Å². The Balaban J connectivity index is 1.79. The van der Waals surface area contributed by atoms with Gasteiger partial charge in [0.25, 0.3) is 5.91 Å². The van der Waals surface area contributed by atoms with Crippen molar-refractivity contribution >= 4 is 21.8 Å². The van der Waals surface area contributed by atoms with Gasteiger partial charge in [-0.2, -0.15) is 0 Å². The third-order valence-corrected chi connectivity index (χ3v) is 4.98. The molecule has 0 aliphatic heterocycles. The van der Waals surface area contributed by atoms with E-state index in [4.69, 9.17) is 0 Å². The lowest BCUT2D eigenvalue weighted by Gasteiger charge is -2.26. The van der Waals surface area contributed by atoms with E-state index in [0.717, 1.165) is 18.3 Å². The van der Waals surface area contributed by atoms with Gasteiger partial charge in [-0.15, -0.1) is 0 Å². The first-order chi connectivity index (χ1) is 9.58. The van der Waals surface area contributed by atoms with Gasteiger partial charge in [0, 0.05) is 6.54 Å². The van der Waals surface area contributed by atoms with Crippen LogP contribution in [0.4, 0.5) is 4.39 Å². The van der Waals surface area contributed by atoms with Gasteiger partial charge in [0.15, 0.2) is 0 Å². The van der Waals surface area contributed by atoms with E-state index in [1.165, 1.54) is 31.7 Å². The number of nitrogens with one attached hydrogen (secondary N) is 1. The maximum Gasteiger partial charge on any atom is 0.252 e. The molecule has 20 heavy (non-hydrogen) atoms. The number of hydrogen-bond donors (Lipinski definition) is 1. The molecule has 0 spiro atoms. The Morgan fingerprint density at radius 1 is 1.35 bits per heavy atom. The van der Waals surface area contributed by atoms with Gasteiger partial charge in [-0.3, -0.25) is 4.79 Å². The summed E-state index contributed by atoms with van der Waals surface area (Å²) in [6.07, 6.45) is 6.15. The molecule has 110 valence electrons. The summed E-state index contributed by atoms with van der Waals surface area (Å²) < 4.78 is 13.6. The lowest BCUT2D eigenvalue weighted by Crippen LogP contribution is -2.27. The van der Waals surface area contributed by atoms with E-state index in [-0.39, 0.29) is 10.4 Å². The SMILES string of the molecule is CC1CCC(CCNC(=O)c2cccc(F)c2Br)CC1. The molecule has 1 aromatic carbocycles. The van der Waals surface area contributed by atoms with Gasteiger partial charge in [0.1, 0.15) is 5.82 Å². The third kappa shape index (κ3) is 4.05. The highest BCUT2D eigenvalue weighted by Gasteiger charge is 2.18. The Morgan fingerprint density at radius 2 is 2.05 bits per heavy atom. The van der Waals surface area contributed by atoms with Crippen LogP contribution in [0, 0.1) is 17.7 Å². The highest BCUT2D eigenvalue weighted by Crippen LogP contribution is 2.30. The van der Waals surface area contributed by atoms with E-state index in [0.29, 0.717) is 12.1 Å². The van der Waals surface area contributed by atoms with Crippen LogP contribution in [-0.2, 0) is 0 Å². The fourth-order valence-corrected chi connectivity index (χ4v) is 3.23. The van der Waals surface area contributed by atoms with Crippen molar-refractivity contribution in [3.63, 3.8) is 0 Å². The molecule has 0 atom stereocenters. The predicted molar refractivity (Wildman–Crippen MR) is 82.2 cm³/mol. The van der Waals surface area contributed by atoms with Crippen LogP contribution < -0.4 is 5.32 Å². The van der Waals surface area contributed by atoms with Gasteiger partial charge >= 0.3 is 0 Å². The van der Waals surface area contributed by atoms with Crippen molar-refractivity contribution in [1.82, 2.24) is 5.32 Å². The number of rotatable bonds is 4. The molecule has 1 fully saturated rings. The van der Waals surface area contributed by atoms with Crippen molar-refractivity contribution in [2.45, 2.75) is 39.0 Å². The minimum absolute atomic E-state index is 0.208. The molecule has 0 saturated heterocycles. The highest BCUT2D eigenvalue weighted by atomic mass is 79.9. The molecule has 1 aliphatic carbocycles. The fourth-order valence-electron chi connectivity index (χ4n) is 2.78. The maximum atomic E-state index is 13.4. The number of carbonyl (C=O) groups excluding carboxylic acids is 1. The summed E-state index contributed by atoms with van der Waals surface area (Å²) in [7, 11) is 0. The Hall–Kier alpha value is -0.900. The molecular weight excluding hydrogens is 321 g/mol. The lowest BCUT2D eigenvalue weighted by atomic mass is 9.81. The van der Waals surface area contributed by atoms with Crippen molar-refractivity contribution in [3.05, 3.63) is 34.1 Å². The summed E-state index contributed by atoms with van der Waals surface area (Å²) in [5.41, 5.74) is 0.363. The smallest absolute Gasteiger partial charge is 0.252 e. The van der Waals surface area contributed by atoms with Crippen molar-refractivity contribution in [2.24, 2.45) is 11.8 Å². The van der Waals surface area contributed by atoms with E-state index in [1.807, 2.05) is 0 Å². The van der Waals surface area contributed by atoms with Gasteiger partial charge in [-0.05, 0) is 46.3 Å². The first kappa shape index (κ1) is 15.5. The summed E-state index contributed by atoms with van der Waals surface area (Å²) in [6, 6.07) is 4.52. The second-order valence-corrected chi connectivity index (χ2v) is 6.56. The maximum absolute atomic E-state index is 13.4. The number of benzene rings is 1. The average molecular weight is 342 g/mol. The second-order valence-electron chi connectivity index (χ2n) is 5.77. The monoisotopic (exact) mass is 341 g/mol. The second kappa shape index (κ2) is 7.21. The topological polar surface area (TPSA) is 29.1 Å². The van der Waals surface area contributed by atoms with Crippen LogP contribution >= 0.6 is 15.9 Å². The van der Waals surface area contributed by atoms with Crippen LogP contribution in [-0.4, -0.2) is 12.5 Å². The minimum atomic E-state index is -0.404. The lowest BCUT2D eigenvalue weighted by molar-refractivity contribution is 0.0948. The van der Waals surface area contributed by atoms with Crippen LogP contribution in [0.3, 0.4) is 0 Å². The molecule has 0 radical (unpaired) electrons. The molecule has 0 aromatic heterocycles. The third-order valence-electron chi connectivity index (χ3n) is 4.17. The normalized spacial score (nSPS) is 22.6. The molecule has 0 heterocycles. The summed E-state index contributed by atoms with van der Waals surface area (Å²) in [5, 5.41) is 2.89. The molecule has 2 rings (SSSR count). The Morgan fingerprint density at radius 3 is 2.75 bits per heavy atom. The fraction of sp³-hybridized carbons (Fsp3) is 0.562. The molecule has 1 aliphatic rings. The number of halogens is 2. The zero-order valence-corrected chi connectivity index (χ0v) is 13.4. The molecule has 1 saturated carbocycles. The molecule has 0 bridgehead atoms. The van der Waals surface area contributed by atoms with Gasteiger partial charge in [-0.1, -0.05) is 38.7 Å². The molecular formula is C16H21BrFNO. The molecule has 2 nitrogen and oxygen atoms in total. The molecule has 4 heteroatoms. The molecule has 1 aromatic rings. The van der Waals surface area contributed by atoms with Gasteiger partial charge < -0.3 is 5.32 Å². The van der Waals surface area contributed by atoms with E-state index in [2.05, 4.69) is 28.2 Å². The van der Waals surface area contributed by atoms with Crippen molar-refractivity contribution in [3.8, 4) is 0 Å². The predicted octanol–water partition coefficient (Wildman–Crippen LogP) is 4.53. The quantitative estimate of drug-likeness (QED) is 0.856. The number of carbonyl (C=O) groups is 1. The largest absolute Gasteiger partial charge is 0.352 e. The van der Waals surface area contributed by atoms with Gasteiger partial charge in [0.2, 0.25) is 0 Å². The van der Waals surface area contributed by atoms with Crippen LogP contribution in [0.15, 0.2) is 22.7 Å². The standard InChI is InChI=1S/C16H21BrFNO/c1-11-5-7-12(8-6-11)9-10-19-16(20)13-3-2-4-14(18)15(13)17/h2-4,11-12H,5-10H2,1H3,(H,19,20).